The Balaban J connectivity index is 2.54. The maximum atomic E-state index is 14.6. The molecule has 0 aromatic heterocycles. The van der Waals surface area contributed by atoms with Crippen LogP contribution >= 0.6 is 0 Å². The number of alkyl halides is 3. The zero-order valence-electron chi connectivity index (χ0n) is 18.1. The molecule has 1 aliphatic rings. The van der Waals surface area contributed by atoms with Crippen molar-refractivity contribution >= 4 is 17.3 Å². The topological polar surface area (TPSA) is 41.9 Å². The smallest absolute Gasteiger partial charge is 0.364 e. The van der Waals surface area contributed by atoms with E-state index in [4.69, 9.17) is 4.74 Å². The molecule has 0 aliphatic carbocycles. The summed E-state index contributed by atoms with van der Waals surface area (Å²) in [5.41, 5.74) is -1.38. The zero-order valence-corrected chi connectivity index (χ0v) is 18.1. The second kappa shape index (κ2) is 8.88. The molecule has 30 heavy (non-hydrogen) atoms. The summed E-state index contributed by atoms with van der Waals surface area (Å²) in [7, 11) is 1.32. The predicted molar refractivity (Wildman–Crippen MR) is 109 cm³/mol. The molecule has 1 aromatic rings. The Labute approximate surface area is 174 Å². The van der Waals surface area contributed by atoms with Gasteiger partial charge in [0.2, 0.25) is 0 Å². The van der Waals surface area contributed by atoms with E-state index in [1.54, 1.807) is 18.2 Å². The van der Waals surface area contributed by atoms with Crippen molar-refractivity contribution < 1.29 is 27.1 Å². The highest BCUT2D eigenvalue weighted by Crippen LogP contribution is 2.38. The second-order valence-electron chi connectivity index (χ2n) is 8.75. The summed E-state index contributed by atoms with van der Waals surface area (Å²) in [6, 6.07) is 5.57. The number of para-hydroxylation sites is 1. The molecule has 1 amide bonds. The van der Waals surface area contributed by atoms with Gasteiger partial charge in [-0.1, -0.05) is 45.9 Å². The number of rotatable bonds is 6. The van der Waals surface area contributed by atoms with Crippen LogP contribution in [-0.4, -0.2) is 37.7 Å². The number of amides is 1. The minimum atomic E-state index is -4.94. The van der Waals surface area contributed by atoms with Gasteiger partial charge in [0, 0.05) is 12.8 Å². The van der Waals surface area contributed by atoms with Gasteiger partial charge in [0.25, 0.3) is 5.91 Å². The lowest BCUT2D eigenvalue weighted by Gasteiger charge is -2.30. The first-order chi connectivity index (χ1) is 13.8. The molecule has 1 heterocycles. The predicted octanol–water partition coefficient (Wildman–Crippen LogP) is 5.79. The Morgan fingerprint density at radius 3 is 2.37 bits per heavy atom. The van der Waals surface area contributed by atoms with Crippen molar-refractivity contribution in [1.82, 2.24) is 0 Å². The molecule has 2 atom stereocenters. The maximum absolute atomic E-state index is 14.6. The van der Waals surface area contributed by atoms with Gasteiger partial charge in [-0.3, -0.25) is 14.7 Å². The quantitative estimate of drug-likeness (QED) is 0.425. The van der Waals surface area contributed by atoms with Gasteiger partial charge in [0.1, 0.15) is 24.2 Å². The minimum Gasteiger partial charge on any atom is -0.364 e. The molecule has 0 N–H and O–H groups in total. The molecule has 0 bridgehead atoms. The molecule has 2 rings (SSSR count). The molecule has 1 aromatic carbocycles. The largest absolute Gasteiger partial charge is 0.433 e. The molecule has 0 saturated heterocycles. The van der Waals surface area contributed by atoms with Crippen LogP contribution in [0.1, 0.15) is 52.5 Å². The molecule has 0 radical (unpaired) electrons. The van der Waals surface area contributed by atoms with E-state index in [9.17, 15) is 22.4 Å². The Morgan fingerprint density at radius 2 is 1.83 bits per heavy atom. The van der Waals surface area contributed by atoms with Crippen molar-refractivity contribution in [2.24, 2.45) is 10.4 Å². The molecule has 8 heteroatoms. The van der Waals surface area contributed by atoms with Crippen LogP contribution in [0.25, 0.3) is 0 Å². The van der Waals surface area contributed by atoms with E-state index in [1.807, 2.05) is 13.0 Å². The van der Waals surface area contributed by atoms with E-state index in [0.29, 0.717) is 5.69 Å². The fourth-order valence-electron chi connectivity index (χ4n) is 3.74. The summed E-state index contributed by atoms with van der Waals surface area (Å²) in [6.07, 6.45) is -4.16. The average Bonchev–Trinajstić information content (AvgIpc) is 2.93. The molecule has 1 unspecified atom stereocenters. The van der Waals surface area contributed by atoms with E-state index >= 15 is 0 Å². The highest BCUT2D eigenvalue weighted by Gasteiger charge is 2.47. The summed E-state index contributed by atoms with van der Waals surface area (Å²) >= 11 is 0. The third-order valence-electron chi connectivity index (χ3n) is 4.83. The maximum Gasteiger partial charge on any atom is 0.433 e. The lowest BCUT2D eigenvalue weighted by atomic mass is 9.82. The Kier molecular flexibility index (Phi) is 7.12. The third-order valence-corrected chi connectivity index (χ3v) is 4.83. The molecule has 0 fully saturated rings. The van der Waals surface area contributed by atoms with Crippen LogP contribution in [-0.2, 0) is 9.53 Å². The van der Waals surface area contributed by atoms with Crippen molar-refractivity contribution in [3.8, 4) is 0 Å². The summed E-state index contributed by atoms with van der Waals surface area (Å²) in [4.78, 5) is 17.6. The van der Waals surface area contributed by atoms with Gasteiger partial charge in [-0.15, -0.1) is 0 Å². The molecular weight excluding hydrogens is 400 g/mol. The first-order valence-corrected chi connectivity index (χ1v) is 9.72. The highest BCUT2D eigenvalue weighted by atomic mass is 19.4. The lowest BCUT2D eigenvalue weighted by molar-refractivity contribution is -0.116. The second-order valence-corrected chi connectivity index (χ2v) is 8.75. The minimum absolute atomic E-state index is 0.00504. The van der Waals surface area contributed by atoms with Crippen LogP contribution in [0.4, 0.5) is 23.2 Å². The summed E-state index contributed by atoms with van der Waals surface area (Å²) < 4.78 is 60.0. The van der Waals surface area contributed by atoms with E-state index in [0.717, 1.165) is 16.9 Å². The highest BCUT2D eigenvalue weighted by molar-refractivity contribution is 6.29. The SMILES string of the molecule is COCN(C(=O)C1=C(F)[C@@H](C)N=C1C(F)(F)F)c1ccccc1C(C)CC(C)(C)C. The van der Waals surface area contributed by atoms with Crippen molar-refractivity contribution in [3.63, 3.8) is 0 Å². The van der Waals surface area contributed by atoms with Crippen LogP contribution < -0.4 is 4.90 Å². The van der Waals surface area contributed by atoms with Crippen molar-refractivity contribution in [3.05, 3.63) is 41.2 Å². The number of hydrogen-bond acceptors (Lipinski definition) is 3. The van der Waals surface area contributed by atoms with E-state index in [1.165, 1.54) is 14.0 Å². The van der Waals surface area contributed by atoms with Gasteiger partial charge in [-0.25, -0.2) is 4.39 Å². The first kappa shape index (κ1) is 24.1. The summed E-state index contributed by atoms with van der Waals surface area (Å²) in [6.45, 7) is 9.08. The fourth-order valence-corrected chi connectivity index (χ4v) is 3.74. The molecule has 1 aliphatic heterocycles. The van der Waals surface area contributed by atoms with Gasteiger partial charge in [-0.05, 0) is 36.3 Å². The van der Waals surface area contributed by atoms with Gasteiger partial charge in [-0.2, -0.15) is 13.2 Å². The Morgan fingerprint density at radius 1 is 1.23 bits per heavy atom. The van der Waals surface area contributed by atoms with Crippen molar-refractivity contribution in [1.29, 1.82) is 0 Å². The van der Waals surface area contributed by atoms with Crippen LogP contribution in [0, 0.1) is 5.41 Å². The van der Waals surface area contributed by atoms with Crippen LogP contribution in [0.5, 0.6) is 0 Å². The summed E-state index contributed by atoms with van der Waals surface area (Å²) in [5.74, 6) is -2.30. The Hall–Kier alpha value is -2.22. The van der Waals surface area contributed by atoms with Gasteiger partial charge < -0.3 is 4.74 Å². The number of benzene rings is 1. The van der Waals surface area contributed by atoms with Crippen LogP contribution in [0.3, 0.4) is 0 Å². The van der Waals surface area contributed by atoms with E-state index in [2.05, 4.69) is 25.8 Å². The number of anilines is 1. The zero-order chi connectivity index (χ0) is 22.9. The molecule has 0 spiro atoms. The van der Waals surface area contributed by atoms with Gasteiger partial charge in [0.05, 0.1) is 0 Å². The monoisotopic (exact) mass is 428 g/mol. The number of methoxy groups -OCH3 is 1. The standard InChI is InChI=1S/C22H28F4N2O2/c1-13(11-21(3,4)5)15-9-7-8-10-16(15)28(12-30-6)20(29)17-18(23)14(2)27-19(17)22(24,25)26/h7-10,13-14H,11-12H2,1-6H3/t13?,14-/m1/s1. The third kappa shape index (κ3) is 5.28. The van der Waals surface area contributed by atoms with E-state index < -0.39 is 35.2 Å². The number of ether oxygens (including phenoxy) is 1. The van der Waals surface area contributed by atoms with Gasteiger partial charge >= 0.3 is 6.18 Å². The van der Waals surface area contributed by atoms with Crippen molar-refractivity contribution in [2.45, 2.75) is 59.2 Å². The molecule has 4 nitrogen and oxygen atoms in total. The number of aliphatic imine (C=N–C) groups is 1. The first-order valence-electron chi connectivity index (χ1n) is 9.72. The molecule has 0 saturated carbocycles. The van der Waals surface area contributed by atoms with Crippen LogP contribution in [0.15, 0.2) is 40.7 Å². The molecule has 166 valence electrons. The number of hydrogen-bond donors (Lipinski definition) is 0. The van der Waals surface area contributed by atoms with Gasteiger partial charge in [0.15, 0.2) is 5.71 Å². The number of carbonyl (C=O) groups excluding carboxylic acids is 1. The summed E-state index contributed by atoms with van der Waals surface area (Å²) in [5, 5.41) is 0. The number of nitrogens with zero attached hydrogens (tertiary/aromatic N) is 2. The normalized spacial score (nSPS) is 18.5. The average molecular weight is 428 g/mol. The lowest BCUT2D eigenvalue weighted by Crippen LogP contribution is -2.39. The van der Waals surface area contributed by atoms with Crippen LogP contribution in [0.2, 0.25) is 0 Å². The Bertz CT molecular complexity index is 853. The number of carbonyl (C=O) groups is 1. The number of halogens is 4. The van der Waals surface area contributed by atoms with E-state index in [-0.39, 0.29) is 18.1 Å². The fraction of sp³-hybridized carbons (Fsp3) is 0.545. The molecular formula is C22H28F4N2O2. The van der Waals surface area contributed by atoms with Crippen molar-refractivity contribution in [2.75, 3.05) is 18.7 Å².